The Bertz CT molecular complexity index is 632. The molecule has 4 N–H and O–H groups in total. The van der Waals surface area contributed by atoms with Crippen molar-refractivity contribution in [1.29, 1.82) is 0 Å². The predicted molar refractivity (Wildman–Crippen MR) is 81.5 cm³/mol. The van der Waals surface area contributed by atoms with Crippen LogP contribution < -0.4 is 21.1 Å². The molecule has 0 aliphatic rings. The number of amides is 2. The van der Waals surface area contributed by atoms with Crippen LogP contribution in [0.25, 0.3) is 0 Å². The van der Waals surface area contributed by atoms with Gasteiger partial charge in [0.15, 0.2) is 0 Å². The summed E-state index contributed by atoms with van der Waals surface area (Å²) in [4.78, 5) is 11.9. The number of nitrogens with two attached hydrogens (primary N) is 1. The fraction of sp³-hybridized carbons (Fsp3) is 0.0714. The first-order chi connectivity index (χ1) is 9.58. The second kappa shape index (κ2) is 6.16. The third-order valence-electron chi connectivity index (χ3n) is 2.59. The van der Waals surface area contributed by atoms with Crippen molar-refractivity contribution < 1.29 is 9.53 Å². The zero-order valence-electron chi connectivity index (χ0n) is 10.8. The third-order valence-corrected chi connectivity index (χ3v) is 2.82. The third kappa shape index (κ3) is 3.55. The van der Waals surface area contributed by atoms with Gasteiger partial charge in [0.2, 0.25) is 0 Å². The molecule has 0 spiro atoms. The number of anilines is 3. The first kappa shape index (κ1) is 14.0. The number of carbonyl (C=O) groups is 1. The maximum absolute atomic E-state index is 11.9. The van der Waals surface area contributed by atoms with Gasteiger partial charge in [0.1, 0.15) is 5.75 Å². The molecule has 0 aromatic heterocycles. The summed E-state index contributed by atoms with van der Waals surface area (Å²) >= 11 is 5.79. The van der Waals surface area contributed by atoms with Crippen LogP contribution >= 0.6 is 11.6 Å². The number of hydrogen-bond acceptors (Lipinski definition) is 3. The maximum atomic E-state index is 11.9. The van der Waals surface area contributed by atoms with Gasteiger partial charge in [-0.25, -0.2) is 4.79 Å². The Morgan fingerprint density at radius 2 is 2.00 bits per heavy atom. The van der Waals surface area contributed by atoms with Crippen LogP contribution in [0.2, 0.25) is 5.02 Å². The van der Waals surface area contributed by atoms with Crippen LogP contribution in [0.4, 0.5) is 21.9 Å². The summed E-state index contributed by atoms with van der Waals surface area (Å²) in [6, 6.07) is 11.5. The molecule has 2 rings (SSSR count). The van der Waals surface area contributed by atoms with E-state index in [1.807, 2.05) is 0 Å². The van der Waals surface area contributed by atoms with Crippen molar-refractivity contribution in [2.75, 3.05) is 23.5 Å². The Morgan fingerprint density at radius 1 is 1.20 bits per heavy atom. The van der Waals surface area contributed by atoms with E-state index < -0.39 is 6.03 Å². The molecule has 0 atom stereocenters. The van der Waals surface area contributed by atoms with E-state index in [-0.39, 0.29) is 0 Å². The number of nitrogen functional groups attached to an aromatic ring is 1. The Morgan fingerprint density at radius 3 is 2.70 bits per heavy atom. The molecule has 0 bridgehead atoms. The Hall–Kier alpha value is -2.40. The van der Waals surface area contributed by atoms with Gasteiger partial charge >= 0.3 is 6.03 Å². The van der Waals surface area contributed by atoms with Gasteiger partial charge in [-0.1, -0.05) is 17.7 Å². The molecule has 20 heavy (non-hydrogen) atoms. The lowest BCUT2D eigenvalue weighted by molar-refractivity contribution is 0.262. The first-order valence-corrected chi connectivity index (χ1v) is 6.23. The summed E-state index contributed by atoms with van der Waals surface area (Å²) in [6.07, 6.45) is 0. The molecule has 0 saturated carbocycles. The fourth-order valence-electron chi connectivity index (χ4n) is 1.63. The van der Waals surface area contributed by atoms with Crippen molar-refractivity contribution in [3.05, 3.63) is 47.5 Å². The van der Waals surface area contributed by atoms with E-state index in [1.54, 1.807) is 49.6 Å². The molecular weight excluding hydrogens is 278 g/mol. The van der Waals surface area contributed by atoms with E-state index in [0.717, 1.165) is 0 Å². The van der Waals surface area contributed by atoms with E-state index in [0.29, 0.717) is 27.8 Å². The van der Waals surface area contributed by atoms with Crippen LogP contribution in [0.3, 0.4) is 0 Å². The number of benzene rings is 2. The topological polar surface area (TPSA) is 76.4 Å². The van der Waals surface area contributed by atoms with Crippen molar-refractivity contribution in [1.82, 2.24) is 0 Å². The summed E-state index contributed by atoms with van der Waals surface area (Å²) in [5.41, 5.74) is 7.28. The molecule has 0 saturated heterocycles. The molecule has 0 heterocycles. The number of urea groups is 1. The smallest absolute Gasteiger partial charge is 0.323 e. The van der Waals surface area contributed by atoms with Crippen molar-refractivity contribution in [3.8, 4) is 5.75 Å². The van der Waals surface area contributed by atoms with Crippen LogP contribution in [-0.2, 0) is 0 Å². The summed E-state index contributed by atoms with van der Waals surface area (Å²) < 4.78 is 5.08. The van der Waals surface area contributed by atoms with Crippen LogP contribution in [0.1, 0.15) is 0 Å². The average Bonchev–Trinajstić information content (AvgIpc) is 2.42. The number of halogens is 1. The summed E-state index contributed by atoms with van der Waals surface area (Å²) in [6.45, 7) is 0. The van der Waals surface area contributed by atoms with E-state index in [9.17, 15) is 4.79 Å². The molecule has 0 aliphatic heterocycles. The minimum Gasteiger partial charge on any atom is -0.497 e. The normalized spacial score (nSPS) is 9.90. The highest BCUT2D eigenvalue weighted by Crippen LogP contribution is 2.23. The fourth-order valence-corrected chi connectivity index (χ4v) is 1.81. The van der Waals surface area contributed by atoms with Gasteiger partial charge in [-0.05, 0) is 30.3 Å². The molecule has 5 nitrogen and oxygen atoms in total. The Labute approximate surface area is 121 Å². The van der Waals surface area contributed by atoms with Crippen molar-refractivity contribution >= 4 is 34.7 Å². The highest BCUT2D eigenvalue weighted by molar-refractivity contribution is 6.31. The number of nitrogens with one attached hydrogen (secondary N) is 2. The predicted octanol–water partition coefficient (Wildman–Crippen LogP) is 3.57. The van der Waals surface area contributed by atoms with Gasteiger partial charge in [0.25, 0.3) is 0 Å². The number of carbonyl (C=O) groups excluding carboxylic acids is 1. The molecule has 0 fully saturated rings. The summed E-state index contributed by atoms with van der Waals surface area (Å²) in [5, 5.41) is 5.85. The second-order valence-corrected chi connectivity index (χ2v) is 4.48. The lowest BCUT2D eigenvalue weighted by atomic mass is 10.2. The quantitative estimate of drug-likeness (QED) is 0.757. The van der Waals surface area contributed by atoms with Gasteiger partial charge in [0, 0.05) is 16.8 Å². The molecule has 2 aromatic carbocycles. The van der Waals surface area contributed by atoms with Gasteiger partial charge in [-0.15, -0.1) is 0 Å². The number of hydrogen-bond donors (Lipinski definition) is 3. The minimum absolute atomic E-state index is 0.396. The van der Waals surface area contributed by atoms with Gasteiger partial charge in [-0.2, -0.15) is 0 Å². The molecular formula is C14H14ClN3O2. The maximum Gasteiger partial charge on any atom is 0.323 e. The highest BCUT2D eigenvalue weighted by Gasteiger charge is 2.06. The lowest BCUT2D eigenvalue weighted by Crippen LogP contribution is -2.20. The number of methoxy groups -OCH3 is 1. The van der Waals surface area contributed by atoms with Crippen LogP contribution in [-0.4, -0.2) is 13.1 Å². The number of ether oxygens (including phenoxy) is 1. The largest absolute Gasteiger partial charge is 0.497 e. The van der Waals surface area contributed by atoms with Crippen molar-refractivity contribution in [2.24, 2.45) is 0 Å². The summed E-state index contributed by atoms with van der Waals surface area (Å²) in [7, 11) is 1.56. The average molecular weight is 292 g/mol. The van der Waals surface area contributed by atoms with E-state index in [2.05, 4.69) is 10.6 Å². The number of rotatable bonds is 3. The first-order valence-electron chi connectivity index (χ1n) is 5.85. The monoisotopic (exact) mass is 291 g/mol. The van der Waals surface area contributed by atoms with Crippen LogP contribution in [0.15, 0.2) is 42.5 Å². The highest BCUT2D eigenvalue weighted by atomic mass is 35.5. The molecule has 2 amide bonds. The van der Waals surface area contributed by atoms with E-state index >= 15 is 0 Å². The zero-order chi connectivity index (χ0) is 14.5. The molecule has 2 aromatic rings. The zero-order valence-corrected chi connectivity index (χ0v) is 11.6. The molecule has 0 aliphatic carbocycles. The minimum atomic E-state index is -0.396. The molecule has 104 valence electrons. The molecule has 6 heteroatoms. The van der Waals surface area contributed by atoms with Gasteiger partial charge in [0.05, 0.1) is 18.5 Å². The molecule has 0 unspecified atom stereocenters. The van der Waals surface area contributed by atoms with E-state index in [1.165, 1.54) is 0 Å². The van der Waals surface area contributed by atoms with Crippen LogP contribution in [0, 0.1) is 0 Å². The standard InChI is InChI=1S/C14H14ClN3O2/c1-20-11-4-2-3-10(8-11)17-14(19)18-13-6-5-9(15)7-12(13)16/h2-8H,16H2,1H3,(H2,17,18,19). The second-order valence-electron chi connectivity index (χ2n) is 4.04. The Balaban J connectivity index is 2.05. The summed E-state index contributed by atoms with van der Waals surface area (Å²) in [5.74, 6) is 0.661. The Kier molecular flexibility index (Phi) is 4.32. The van der Waals surface area contributed by atoms with Gasteiger partial charge in [-0.3, -0.25) is 0 Å². The van der Waals surface area contributed by atoms with Crippen molar-refractivity contribution in [2.45, 2.75) is 0 Å². The van der Waals surface area contributed by atoms with Crippen molar-refractivity contribution in [3.63, 3.8) is 0 Å². The van der Waals surface area contributed by atoms with E-state index in [4.69, 9.17) is 22.1 Å². The SMILES string of the molecule is COc1cccc(NC(=O)Nc2ccc(Cl)cc2N)c1. The van der Waals surface area contributed by atoms with Crippen LogP contribution in [0.5, 0.6) is 5.75 Å². The molecule has 0 radical (unpaired) electrons. The lowest BCUT2D eigenvalue weighted by Gasteiger charge is -2.10. The van der Waals surface area contributed by atoms with Gasteiger partial charge < -0.3 is 21.1 Å².